The monoisotopic (exact) mass is 330 g/mol. The summed E-state index contributed by atoms with van der Waals surface area (Å²) in [5.41, 5.74) is 5.36. The van der Waals surface area contributed by atoms with Gasteiger partial charge in [-0.1, -0.05) is 13.0 Å². The van der Waals surface area contributed by atoms with Gasteiger partial charge in [-0.15, -0.1) is 5.10 Å². The number of nitrogens with one attached hydrogen (secondary N) is 1. The van der Waals surface area contributed by atoms with Crippen LogP contribution in [-0.4, -0.2) is 31.1 Å². The van der Waals surface area contributed by atoms with Crippen molar-refractivity contribution in [1.82, 2.24) is 24.6 Å². The van der Waals surface area contributed by atoms with Crippen LogP contribution in [0.25, 0.3) is 27.7 Å². The number of hydrogen-bond acceptors (Lipinski definition) is 5. The maximum atomic E-state index is 4.58. The molecule has 1 N–H and O–H groups in total. The van der Waals surface area contributed by atoms with Crippen molar-refractivity contribution >= 4 is 22.5 Å². The molecular weight excluding hydrogens is 312 g/mol. The fourth-order valence-electron chi connectivity index (χ4n) is 3.04. The van der Waals surface area contributed by atoms with E-state index in [1.54, 1.807) is 12.4 Å². The zero-order valence-electron chi connectivity index (χ0n) is 14.0. The molecule has 1 saturated carbocycles. The summed E-state index contributed by atoms with van der Waals surface area (Å²) in [7, 11) is 0. The molecule has 1 aliphatic rings. The minimum atomic E-state index is 0.423. The highest BCUT2D eigenvalue weighted by Gasteiger charge is 2.36. The molecule has 3 aromatic heterocycles. The summed E-state index contributed by atoms with van der Waals surface area (Å²) < 4.78 is 1.88. The highest BCUT2D eigenvalue weighted by Crippen LogP contribution is 2.44. The van der Waals surface area contributed by atoms with E-state index in [0.717, 1.165) is 34.2 Å². The van der Waals surface area contributed by atoms with Crippen LogP contribution in [0.4, 0.5) is 5.95 Å². The molecule has 0 aliphatic heterocycles. The van der Waals surface area contributed by atoms with Crippen molar-refractivity contribution in [3.8, 4) is 11.1 Å². The Labute approximate surface area is 145 Å². The molecule has 0 radical (unpaired) electrons. The smallest absolute Gasteiger partial charge is 0.241 e. The van der Waals surface area contributed by atoms with Crippen LogP contribution in [0, 0.1) is 5.41 Å². The van der Waals surface area contributed by atoms with E-state index in [1.165, 1.54) is 12.8 Å². The Morgan fingerprint density at radius 1 is 1.08 bits per heavy atom. The normalized spacial score (nSPS) is 15.6. The first kappa shape index (κ1) is 14.3. The van der Waals surface area contributed by atoms with Gasteiger partial charge in [0.25, 0.3) is 0 Å². The third-order valence-electron chi connectivity index (χ3n) is 4.97. The molecule has 124 valence electrons. The molecule has 6 heteroatoms. The molecule has 0 bridgehead atoms. The summed E-state index contributed by atoms with van der Waals surface area (Å²) in [4.78, 5) is 13.2. The first-order valence-electron chi connectivity index (χ1n) is 8.50. The average Bonchev–Trinajstić information content (AvgIpc) is 3.24. The maximum absolute atomic E-state index is 4.58. The van der Waals surface area contributed by atoms with Crippen molar-refractivity contribution in [1.29, 1.82) is 0 Å². The second-order valence-corrected chi connectivity index (χ2v) is 7.07. The molecule has 4 aromatic rings. The lowest BCUT2D eigenvalue weighted by atomic mass is 10.1. The SMILES string of the molecule is CC1(CNc2ncc3c(-c4ccc5nccnc5c4)ccn3n2)CC1. The van der Waals surface area contributed by atoms with Gasteiger partial charge in [0.05, 0.1) is 22.7 Å². The number of nitrogens with zero attached hydrogens (tertiary/aromatic N) is 5. The molecule has 25 heavy (non-hydrogen) atoms. The molecule has 0 unspecified atom stereocenters. The second-order valence-electron chi connectivity index (χ2n) is 7.07. The maximum Gasteiger partial charge on any atom is 0.241 e. The Bertz CT molecular complexity index is 1080. The summed E-state index contributed by atoms with van der Waals surface area (Å²) in [5.74, 6) is 0.673. The van der Waals surface area contributed by atoms with Gasteiger partial charge in [0.2, 0.25) is 5.95 Å². The molecule has 1 aromatic carbocycles. The molecule has 6 nitrogen and oxygen atoms in total. The molecule has 3 heterocycles. The Morgan fingerprint density at radius 3 is 2.76 bits per heavy atom. The summed E-state index contributed by atoms with van der Waals surface area (Å²) in [6.07, 6.45) is 9.82. The van der Waals surface area contributed by atoms with Gasteiger partial charge in [-0.25, -0.2) is 9.50 Å². The number of fused-ring (bicyclic) bond motifs is 2. The number of rotatable bonds is 4. The molecule has 0 saturated heterocycles. The highest BCUT2D eigenvalue weighted by molar-refractivity contribution is 5.86. The van der Waals surface area contributed by atoms with Crippen molar-refractivity contribution in [2.75, 3.05) is 11.9 Å². The third-order valence-corrected chi connectivity index (χ3v) is 4.97. The van der Waals surface area contributed by atoms with Gasteiger partial charge in [0, 0.05) is 30.7 Å². The zero-order valence-corrected chi connectivity index (χ0v) is 14.0. The van der Waals surface area contributed by atoms with Gasteiger partial charge in [-0.3, -0.25) is 9.97 Å². The van der Waals surface area contributed by atoms with Crippen molar-refractivity contribution in [3.63, 3.8) is 0 Å². The summed E-state index contributed by atoms with van der Waals surface area (Å²) >= 11 is 0. The van der Waals surface area contributed by atoms with E-state index in [0.29, 0.717) is 11.4 Å². The summed E-state index contributed by atoms with van der Waals surface area (Å²) in [6.45, 7) is 3.21. The van der Waals surface area contributed by atoms with Gasteiger partial charge >= 0.3 is 0 Å². The Kier molecular flexibility index (Phi) is 3.00. The fourth-order valence-corrected chi connectivity index (χ4v) is 3.04. The average molecular weight is 330 g/mol. The Balaban J connectivity index is 1.50. The van der Waals surface area contributed by atoms with Crippen LogP contribution >= 0.6 is 0 Å². The minimum absolute atomic E-state index is 0.423. The topological polar surface area (TPSA) is 68.0 Å². The van der Waals surface area contributed by atoms with Crippen LogP contribution < -0.4 is 5.32 Å². The van der Waals surface area contributed by atoms with E-state index in [9.17, 15) is 0 Å². The van der Waals surface area contributed by atoms with Crippen molar-refractivity contribution in [2.24, 2.45) is 5.41 Å². The van der Waals surface area contributed by atoms with Crippen LogP contribution in [-0.2, 0) is 0 Å². The molecule has 1 aliphatic carbocycles. The van der Waals surface area contributed by atoms with Gasteiger partial charge in [0.1, 0.15) is 0 Å². The molecule has 0 atom stereocenters. The van der Waals surface area contributed by atoms with Gasteiger partial charge < -0.3 is 5.32 Å². The van der Waals surface area contributed by atoms with Gasteiger partial charge in [0.15, 0.2) is 0 Å². The molecule has 5 rings (SSSR count). The van der Waals surface area contributed by atoms with Crippen LogP contribution in [0.1, 0.15) is 19.8 Å². The zero-order chi connectivity index (χ0) is 16.9. The molecule has 1 fully saturated rings. The Hall–Kier alpha value is -3.02. The van der Waals surface area contributed by atoms with Crippen LogP contribution in [0.2, 0.25) is 0 Å². The van der Waals surface area contributed by atoms with E-state index in [4.69, 9.17) is 0 Å². The quantitative estimate of drug-likeness (QED) is 0.620. The fraction of sp³-hybridized carbons (Fsp3) is 0.263. The number of hydrogen-bond donors (Lipinski definition) is 1. The lowest BCUT2D eigenvalue weighted by molar-refractivity contribution is 0.606. The first-order valence-corrected chi connectivity index (χ1v) is 8.50. The lowest BCUT2D eigenvalue weighted by Gasteiger charge is -2.10. The second kappa shape index (κ2) is 5.24. The van der Waals surface area contributed by atoms with E-state index < -0.39 is 0 Å². The van der Waals surface area contributed by atoms with Crippen LogP contribution in [0.15, 0.2) is 49.1 Å². The van der Waals surface area contributed by atoms with Crippen molar-refractivity contribution in [2.45, 2.75) is 19.8 Å². The van der Waals surface area contributed by atoms with Gasteiger partial charge in [-0.2, -0.15) is 0 Å². The standard InChI is InChI=1S/C19H18N6/c1-19(5-6-19)12-23-18-22-11-17-14(4-9-25(17)24-18)13-2-3-15-16(10-13)21-8-7-20-15/h2-4,7-11H,5-6,12H2,1H3,(H,23,24). The molecular formula is C19H18N6. The minimum Gasteiger partial charge on any atom is -0.352 e. The van der Waals surface area contributed by atoms with E-state index >= 15 is 0 Å². The van der Waals surface area contributed by atoms with Crippen molar-refractivity contribution in [3.05, 3.63) is 49.1 Å². The lowest BCUT2D eigenvalue weighted by Crippen LogP contribution is -2.14. The van der Waals surface area contributed by atoms with E-state index in [2.05, 4.69) is 50.5 Å². The first-order chi connectivity index (χ1) is 12.2. The summed E-state index contributed by atoms with van der Waals surface area (Å²) in [6, 6.07) is 8.17. The molecule has 0 amide bonds. The van der Waals surface area contributed by atoms with E-state index in [1.807, 2.05) is 23.0 Å². The van der Waals surface area contributed by atoms with Gasteiger partial charge in [-0.05, 0) is 42.0 Å². The van der Waals surface area contributed by atoms with Crippen molar-refractivity contribution < 1.29 is 0 Å². The predicted molar refractivity (Wildman–Crippen MR) is 97.3 cm³/mol. The Morgan fingerprint density at radius 2 is 1.92 bits per heavy atom. The highest BCUT2D eigenvalue weighted by atomic mass is 15.3. The number of aromatic nitrogens is 5. The van der Waals surface area contributed by atoms with E-state index in [-0.39, 0.29) is 0 Å². The largest absolute Gasteiger partial charge is 0.352 e. The predicted octanol–water partition coefficient (Wildman–Crippen LogP) is 3.55. The number of benzene rings is 1. The van der Waals surface area contributed by atoms with Crippen LogP contribution in [0.3, 0.4) is 0 Å². The number of anilines is 1. The third kappa shape index (κ3) is 2.59. The van der Waals surface area contributed by atoms with Crippen LogP contribution in [0.5, 0.6) is 0 Å². The molecule has 0 spiro atoms. The summed E-state index contributed by atoms with van der Waals surface area (Å²) in [5, 5.41) is 7.93.